The number of rotatable bonds is 4. The predicted octanol–water partition coefficient (Wildman–Crippen LogP) is 2.92. The summed E-state index contributed by atoms with van der Waals surface area (Å²) in [4.78, 5) is 14.9. The highest BCUT2D eigenvalue weighted by Gasteiger charge is 2.08. The normalized spacial score (nSPS) is 11.2. The highest BCUT2D eigenvalue weighted by atomic mass is 32.1. The lowest BCUT2D eigenvalue weighted by atomic mass is 10.2. The number of carbonyl (C=O) groups excluding carboxylic acids is 1. The molecule has 1 amide bonds. The second-order valence-electron chi connectivity index (χ2n) is 5.02. The molecule has 2 rings (SSSR count). The third-order valence-corrected chi connectivity index (χ3v) is 3.35. The number of carbonyl (C=O) groups is 1. The Hall–Kier alpha value is -1.62. The van der Waals surface area contributed by atoms with Crippen LogP contribution in [-0.2, 0) is 11.3 Å². The molecule has 0 fully saturated rings. The first-order valence-electron chi connectivity index (χ1n) is 6.46. The fraction of sp³-hybridized carbons (Fsp3) is 0.429. The Labute approximate surface area is 117 Å². The van der Waals surface area contributed by atoms with Crippen molar-refractivity contribution < 1.29 is 4.79 Å². The minimum atomic E-state index is 0.0545. The smallest absolute Gasteiger partial charge is 0.221 e. The highest BCUT2D eigenvalue weighted by molar-refractivity contribution is 7.71. The van der Waals surface area contributed by atoms with E-state index in [0.717, 1.165) is 16.6 Å². The van der Waals surface area contributed by atoms with Gasteiger partial charge in [0.25, 0.3) is 0 Å². The Balaban J connectivity index is 2.22. The van der Waals surface area contributed by atoms with Crippen LogP contribution in [0.15, 0.2) is 18.2 Å². The van der Waals surface area contributed by atoms with Crippen LogP contribution in [0.3, 0.4) is 0 Å². The molecule has 2 aromatic rings. The summed E-state index contributed by atoms with van der Waals surface area (Å²) in [6, 6.07) is 6.24. The number of benzene rings is 1. The van der Waals surface area contributed by atoms with E-state index in [1.54, 1.807) is 0 Å². The van der Waals surface area contributed by atoms with Crippen molar-refractivity contribution >= 4 is 29.2 Å². The van der Waals surface area contributed by atoms with Crippen molar-refractivity contribution in [1.29, 1.82) is 0 Å². The van der Waals surface area contributed by atoms with Gasteiger partial charge < -0.3 is 14.9 Å². The molecular formula is C14H19N3OS. The van der Waals surface area contributed by atoms with E-state index < -0.39 is 0 Å². The molecule has 1 aromatic carbocycles. The number of nitrogens with zero attached hydrogens (tertiary/aromatic N) is 1. The van der Waals surface area contributed by atoms with Crippen LogP contribution in [0, 0.1) is 11.7 Å². The largest absolute Gasteiger partial charge is 0.354 e. The number of para-hydroxylation sites is 1. The van der Waals surface area contributed by atoms with Crippen molar-refractivity contribution in [3.63, 3.8) is 0 Å². The van der Waals surface area contributed by atoms with E-state index in [1.807, 2.05) is 43.5 Å². The molecule has 4 nitrogen and oxygen atoms in total. The third-order valence-electron chi connectivity index (χ3n) is 3.03. The number of hydrogen-bond acceptors (Lipinski definition) is 2. The molecule has 0 spiro atoms. The second-order valence-corrected chi connectivity index (χ2v) is 5.41. The van der Waals surface area contributed by atoms with E-state index in [0.29, 0.717) is 17.7 Å². The minimum Gasteiger partial charge on any atom is -0.354 e. The zero-order valence-electron chi connectivity index (χ0n) is 11.5. The van der Waals surface area contributed by atoms with Crippen LogP contribution < -0.4 is 5.32 Å². The standard InChI is InChI=1S/C14H19N3OS/c1-9(2)15-12(18)7-8-17-11-6-4-5-10(3)13(11)16-14(17)19/h4-6,9H,7-8H2,1-3H3,(H,15,18)(H,16,19). The molecule has 0 saturated carbocycles. The average Bonchev–Trinajstić information content (AvgIpc) is 2.63. The second kappa shape index (κ2) is 5.57. The zero-order valence-corrected chi connectivity index (χ0v) is 12.3. The van der Waals surface area contributed by atoms with E-state index in [4.69, 9.17) is 12.2 Å². The number of amides is 1. The molecule has 0 saturated heterocycles. The van der Waals surface area contributed by atoms with Gasteiger partial charge in [-0.05, 0) is 44.6 Å². The van der Waals surface area contributed by atoms with Crippen molar-refractivity contribution in [3.05, 3.63) is 28.5 Å². The van der Waals surface area contributed by atoms with Crippen molar-refractivity contribution in [2.24, 2.45) is 0 Å². The average molecular weight is 277 g/mol. The van der Waals surface area contributed by atoms with Crippen LogP contribution in [0.1, 0.15) is 25.8 Å². The maximum absolute atomic E-state index is 11.7. The first-order chi connectivity index (χ1) is 8.99. The number of fused-ring (bicyclic) bond motifs is 1. The van der Waals surface area contributed by atoms with Gasteiger partial charge in [-0.2, -0.15) is 0 Å². The van der Waals surface area contributed by atoms with Gasteiger partial charge in [0, 0.05) is 19.0 Å². The molecule has 2 N–H and O–H groups in total. The number of aryl methyl sites for hydroxylation is 2. The summed E-state index contributed by atoms with van der Waals surface area (Å²) >= 11 is 5.33. The van der Waals surface area contributed by atoms with Crippen LogP contribution in [0.5, 0.6) is 0 Å². The number of hydrogen-bond donors (Lipinski definition) is 2. The quantitative estimate of drug-likeness (QED) is 0.844. The summed E-state index contributed by atoms with van der Waals surface area (Å²) in [6.07, 6.45) is 0.438. The Bertz CT molecular complexity index is 654. The Morgan fingerprint density at radius 3 is 2.89 bits per heavy atom. The van der Waals surface area contributed by atoms with Gasteiger partial charge in [-0.25, -0.2) is 0 Å². The molecule has 19 heavy (non-hydrogen) atoms. The molecule has 0 radical (unpaired) electrons. The third kappa shape index (κ3) is 3.04. The molecule has 1 aromatic heterocycles. The molecule has 0 atom stereocenters. The number of H-pyrrole nitrogens is 1. The van der Waals surface area contributed by atoms with Crippen LogP contribution in [0.2, 0.25) is 0 Å². The number of aromatic amines is 1. The summed E-state index contributed by atoms with van der Waals surface area (Å²) < 4.78 is 2.65. The van der Waals surface area contributed by atoms with Crippen LogP contribution in [0.25, 0.3) is 11.0 Å². The highest BCUT2D eigenvalue weighted by Crippen LogP contribution is 2.18. The molecule has 0 aliphatic heterocycles. The first-order valence-corrected chi connectivity index (χ1v) is 6.87. The Morgan fingerprint density at radius 1 is 1.47 bits per heavy atom. The van der Waals surface area contributed by atoms with E-state index in [2.05, 4.69) is 10.3 Å². The maximum atomic E-state index is 11.7. The van der Waals surface area contributed by atoms with Gasteiger partial charge in [-0.3, -0.25) is 4.79 Å². The molecule has 102 valence electrons. The summed E-state index contributed by atoms with van der Waals surface area (Å²) in [5.74, 6) is 0.0545. The molecule has 1 heterocycles. The predicted molar refractivity (Wildman–Crippen MR) is 79.8 cm³/mol. The van der Waals surface area contributed by atoms with Gasteiger partial charge in [0.05, 0.1) is 11.0 Å². The summed E-state index contributed by atoms with van der Waals surface area (Å²) in [7, 11) is 0. The van der Waals surface area contributed by atoms with Crippen molar-refractivity contribution in [2.45, 2.75) is 39.8 Å². The van der Waals surface area contributed by atoms with Gasteiger partial charge in [0.15, 0.2) is 4.77 Å². The molecule has 0 unspecified atom stereocenters. The first kappa shape index (κ1) is 13.8. The summed E-state index contributed by atoms with van der Waals surface area (Å²) in [5, 5.41) is 2.89. The lowest BCUT2D eigenvalue weighted by molar-refractivity contribution is -0.121. The fourth-order valence-corrected chi connectivity index (χ4v) is 2.44. The zero-order chi connectivity index (χ0) is 14.0. The summed E-state index contributed by atoms with van der Waals surface area (Å²) in [5.41, 5.74) is 3.27. The van der Waals surface area contributed by atoms with Crippen molar-refractivity contribution in [2.75, 3.05) is 0 Å². The van der Waals surface area contributed by atoms with E-state index in [-0.39, 0.29) is 11.9 Å². The molecule has 5 heteroatoms. The maximum Gasteiger partial charge on any atom is 0.221 e. The van der Waals surface area contributed by atoms with E-state index in [1.165, 1.54) is 0 Å². The SMILES string of the molecule is Cc1cccc2c1[nH]c(=S)n2CCC(=O)NC(C)C. The topological polar surface area (TPSA) is 49.8 Å². The lowest BCUT2D eigenvalue weighted by Gasteiger charge is -2.09. The lowest BCUT2D eigenvalue weighted by Crippen LogP contribution is -2.30. The van der Waals surface area contributed by atoms with Gasteiger partial charge in [-0.15, -0.1) is 0 Å². The number of aromatic nitrogens is 2. The Kier molecular flexibility index (Phi) is 4.04. The molecule has 0 aliphatic carbocycles. The van der Waals surface area contributed by atoms with Crippen LogP contribution in [-0.4, -0.2) is 21.5 Å². The van der Waals surface area contributed by atoms with Gasteiger partial charge in [0.1, 0.15) is 0 Å². The van der Waals surface area contributed by atoms with Gasteiger partial charge >= 0.3 is 0 Å². The minimum absolute atomic E-state index is 0.0545. The fourth-order valence-electron chi connectivity index (χ4n) is 2.15. The molecule has 0 bridgehead atoms. The monoisotopic (exact) mass is 277 g/mol. The van der Waals surface area contributed by atoms with Crippen molar-refractivity contribution in [3.8, 4) is 0 Å². The van der Waals surface area contributed by atoms with E-state index >= 15 is 0 Å². The summed E-state index contributed by atoms with van der Waals surface area (Å²) in [6.45, 7) is 6.56. The van der Waals surface area contributed by atoms with Crippen LogP contribution >= 0.6 is 12.2 Å². The number of imidazole rings is 1. The number of nitrogens with one attached hydrogen (secondary N) is 2. The molecule has 0 aliphatic rings. The van der Waals surface area contributed by atoms with Gasteiger partial charge in [-0.1, -0.05) is 12.1 Å². The Morgan fingerprint density at radius 2 is 2.21 bits per heavy atom. The van der Waals surface area contributed by atoms with E-state index in [9.17, 15) is 4.79 Å². The van der Waals surface area contributed by atoms with Gasteiger partial charge in [0.2, 0.25) is 5.91 Å². The van der Waals surface area contributed by atoms with Crippen molar-refractivity contribution in [1.82, 2.24) is 14.9 Å². The molecular weight excluding hydrogens is 258 g/mol. The van der Waals surface area contributed by atoms with Crippen LogP contribution in [0.4, 0.5) is 0 Å².